The first-order chi connectivity index (χ1) is 13.9. The van der Waals surface area contributed by atoms with Crippen LogP contribution >= 0.6 is 0 Å². The fourth-order valence-corrected chi connectivity index (χ4v) is 4.36. The van der Waals surface area contributed by atoms with Crippen LogP contribution in [0.4, 0.5) is 4.79 Å². The lowest BCUT2D eigenvalue weighted by Gasteiger charge is -2.34. The Bertz CT molecular complexity index is 959. The van der Waals surface area contributed by atoms with Crippen molar-refractivity contribution in [2.45, 2.75) is 37.8 Å². The van der Waals surface area contributed by atoms with E-state index < -0.39 is 17.5 Å². The summed E-state index contributed by atoms with van der Waals surface area (Å²) in [5, 5.41) is 2.75. The maximum Gasteiger partial charge on any atom is 0.325 e. The molecule has 0 spiro atoms. The van der Waals surface area contributed by atoms with E-state index >= 15 is 0 Å². The molecule has 0 radical (unpaired) electrons. The third-order valence-electron chi connectivity index (χ3n) is 6.12. The number of benzene rings is 2. The monoisotopic (exact) mass is 391 g/mol. The van der Waals surface area contributed by atoms with Crippen molar-refractivity contribution in [3.05, 3.63) is 71.3 Å². The molecule has 1 saturated heterocycles. The van der Waals surface area contributed by atoms with Crippen LogP contribution in [0.3, 0.4) is 0 Å². The van der Waals surface area contributed by atoms with Crippen molar-refractivity contribution in [1.29, 1.82) is 0 Å². The van der Waals surface area contributed by atoms with Crippen LogP contribution in [0, 0.1) is 0 Å². The van der Waals surface area contributed by atoms with E-state index in [1.807, 2.05) is 30.3 Å². The minimum atomic E-state index is -1.16. The number of likely N-dealkylation sites (N-methyl/N-ethyl adjacent to an activating group) is 1. The standard InChI is InChI=1S/C23H25N3O3/c1-23(17-11-4-3-5-12-17)21(28)26(22(29)24-23)15-20(27)25(2)19-14-8-10-16-9-6-7-13-18(16)19/h3-7,9,11-13,19H,8,10,14-15H2,1-2H3,(H,24,29). The molecule has 6 heteroatoms. The minimum absolute atomic E-state index is 0.0336. The van der Waals surface area contributed by atoms with E-state index in [1.54, 1.807) is 31.0 Å². The molecule has 2 aliphatic rings. The van der Waals surface area contributed by atoms with Gasteiger partial charge in [-0.15, -0.1) is 0 Å². The number of hydrogen-bond donors (Lipinski definition) is 1. The summed E-state index contributed by atoms with van der Waals surface area (Å²) in [5.41, 5.74) is 1.95. The SMILES string of the molecule is CN(C(=O)CN1C(=O)NC(C)(c2ccccc2)C1=O)C1CCCc2ccccc21. The maximum atomic E-state index is 13.0. The molecule has 1 heterocycles. The number of nitrogens with zero attached hydrogens (tertiary/aromatic N) is 2. The Morgan fingerprint density at radius 2 is 1.83 bits per heavy atom. The van der Waals surface area contributed by atoms with Gasteiger partial charge >= 0.3 is 6.03 Å². The molecule has 0 aromatic heterocycles. The molecule has 1 fully saturated rings. The predicted molar refractivity (Wildman–Crippen MR) is 109 cm³/mol. The lowest BCUT2D eigenvalue weighted by molar-refractivity contribution is -0.139. The summed E-state index contributed by atoms with van der Waals surface area (Å²) in [5.74, 6) is -0.646. The van der Waals surface area contributed by atoms with Gasteiger partial charge in [0.05, 0.1) is 6.04 Å². The first-order valence-electron chi connectivity index (χ1n) is 9.95. The number of amides is 4. The van der Waals surface area contributed by atoms with Gasteiger partial charge in [-0.1, -0.05) is 54.6 Å². The van der Waals surface area contributed by atoms with Crippen molar-refractivity contribution in [1.82, 2.24) is 15.1 Å². The summed E-state index contributed by atoms with van der Waals surface area (Å²) in [6.45, 7) is 1.41. The Balaban J connectivity index is 1.52. The first kappa shape index (κ1) is 19.2. The molecular formula is C23H25N3O3. The van der Waals surface area contributed by atoms with E-state index in [4.69, 9.17) is 0 Å². The van der Waals surface area contributed by atoms with E-state index in [9.17, 15) is 14.4 Å². The van der Waals surface area contributed by atoms with Crippen LogP contribution in [-0.4, -0.2) is 41.2 Å². The van der Waals surface area contributed by atoms with E-state index in [0.717, 1.165) is 29.7 Å². The number of nitrogens with one attached hydrogen (secondary N) is 1. The smallest absolute Gasteiger partial charge is 0.325 e. The predicted octanol–water partition coefficient (Wildman–Crippen LogP) is 2.99. The van der Waals surface area contributed by atoms with Gasteiger partial charge < -0.3 is 10.2 Å². The van der Waals surface area contributed by atoms with Crippen LogP contribution in [0.15, 0.2) is 54.6 Å². The highest BCUT2D eigenvalue weighted by molar-refractivity contribution is 6.09. The quantitative estimate of drug-likeness (QED) is 0.815. The Labute approximate surface area is 170 Å². The summed E-state index contributed by atoms with van der Waals surface area (Å²) in [7, 11) is 1.75. The number of imide groups is 1. The summed E-state index contributed by atoms with van der Waals surface area (Å²) in [6, 6.07) is 16.7. The highest BCUT2D eigenvalue weighted by Crippen LogP contribution is 2.34. The fraction of sp³-hybridized carbons (Fsp3) is 0.348. The summed E-state index contributed by atoms with van der Waals surface area (Å²) < 4.78 is 0. The second-order valence-corrected chi connectivity index (χ2v) is 7.92. The van der Waals surface area contributed by atoms with E-state index in [2.05, 4.69) is 17.4 Å². The number of carbonyl (C=O) groups excluding carboxylic acids is 3. The number of aryl methyl sites for hydroxylation is 1. The second-order valence-electron chi connectivity index (χ2n) is 7.92. The van der Waals surface area contributed by atoms with Crippen molar-refractivity contribution in [2.24, 2.45) is 0 Å². The van der Waals surface area contributed by atoms with Crippen LogP contribution in [-0.2, 0) is 21.5 Å². The number of rotatable bonds is 4. The second kappa shape index (κ2) is 7.35. The maximum absolute atomic E-state index is 13.0. The van der Waals surface area contributed by atoms with Crippen LogP contribution in [0.25, 0.3) is 0 Å². The lowest BCUT2D eigenvalue weighted by Crippen LogP contribution is -2.44. The van der Waals surface area contributed by atoms with Gasteiger partial charge in [0.1, 0.15) is 12.1 Å². The molecule has 1 aliphatic heterocycles. The molecule has 2 unspecified atom stereocenters. The lowest BCUT2D eigenvalue weighted by atomic mass is 9.87. The molecule has 150 valence electrons. The largest absolute Gasteiger partial charge is 0.337 e. The van der Waals surface area contributed by atoms with Crippen LogP contribution in [0.5, 0.6) is 0 Å². The van der Waals surface area contributed by atoms with Gasteiger partial charge in [0.25, 0.3) is 5.91 Å². The van der Waals surface area contributed by atoms with Gasteiger partial charge in [0.2, 0.25) is 5.91 Å². The molecule has 29 heavy (non-hydrogen) atoms. The Morgan fingerprint density at radius 3 is 2.59 bits per heavy atom. The highest BCUT2D eigenvalue weighted by atomic mass is 16.2. The Kier molecular flexibility index (Phi) is 4.86. The van der Waals surface area contributed by atoms with Gasteiger partial charge in [-0.3, -0.25) is 14.5 Å². The van der Waals surface area contributed by atoms with Gasteiger partial charge in [-0.2, -0.15) is 0 Å². The average Bonchev–Trinajstić information content (AvgIpc) is 2.97. The molecule has 1 aliphatic carbocycles. The van der Waals surface area contributed by atoms with Crippen LogP contribution in [0.1, 0.15) is 42.5 Å². The molecular weight excluding hydrogens is 366 g/mol. The van der Waals surface area contributed by atoms with E-state index in [-0.39, 0.29) is 18.5 Å². The van der Waals surface area contributed by atoms with Crippen molar-refractivity contribution in [3.63, 3.8) is 0 Å². The molecule has 2 aromatic carbocycles. The van der Waals surface area contributed by atoms with Crippen LogP contribution in [0.2, 0.25) is 0 Å². The number of carbonyl (C=O) groups is 3. The Morgan fingerprint density at radius 1 is 1.14 bits per heavy atom. The molecule has 2 aromatic rings. The average molecular weight is 391 g/mol. The summed E-state index contributed by atoms with van der Waals surface area (Å²) in [4.78, 5) is 41.3. The zero-order valence-electron chi connectivity index (χ0n) is 16.7. The number of urea groups is 1. The zero-order chi connectivity index (χ0) is 20.6. The fourth-order valence-electron chi connectivity index (χ4n) is 4.36. The Hall–Kier alpha value is -3.15. The van der Waals surface area contributed by atoms with Crippen molar-refractivity contribution in [3.8, 4) is 0 Å². The zero-order valence-corrected chi connectivity index (χ0v) is 16.7. The molecule has 4 rings (SSSR count). The normalized spacial score (nSPS) is 23.5. The van der Waals surface area contributed by atoms with Crippen molar-refractivity contribution < 1.29 is 14.4 Å². The third kappa shape index (κ3) is 3.28. The topological polar surface area (TPSA) is 69.7 Å². The first-order valence-corrected chi connectivity index (χ1v) is 9.95. The molecule has 2 atom stereocenters. The van der Waals surface area contributed by atoms with Gasteiger partial charge in [0, 0.05) is 7.05 Å². The third-order valence-corrected chi connectivity index (χ3v) is 6.12. The van der Waals surface area contributed by atoms with E-state index in [0.29, 0.717) is 5.56 Å². The van der Waals surface area contributed by atoms with Gasteiger partial charge in [0.15, 0.2) is 0 Å². The van der Waals surface area contributed by atoms with Gasteiger partial charge in [-0.05, 0) is 42.9 Å². The molecule has 6 nitrogen and oxygen atoms in total. The van der Waals surface area contributed by atoms with E-state index in [1.165, 1.54) is 5.56 Å². The summed E-state index contributed by atoms with van der Waals surface area (Å²) >= 11 is 0. The minimum Gasteiger partial charge on any atom is -0.337 e. The summed E-state index contributed by atoms with van der Waals surface area (Å²) in [6.07, 6.45) is 2.90. The van der Waals surface area contributed by atoms with Crippen LogP contribution < -0.4 is 5.32 Å². The highest BCUT2D eigenvalue weighted by Gasteiger charge is 2.49. The number of hydrogen-bond acceptors (Lipinski definition) is 3. The number of fused-ring (bicyclic) bond motifs is 1. The van der Waals surface area contributed by atoms with Crippen molar-refractivity contribution >= 4 is 17.8 Å². The molecule has 1 N–H and O–H groups in total. The molecule has 0 bridgehead atoms. The molecule has 0 saturated carbocycles. The van der Waals surface area contributed by atoms with Gasteiger partial charge in [-0.25, -0.2) is 4.79 Å². The molecule has 4 amide bonds. The van der Waals surface area contributed by atoms with Crippen molar-refractivity contribution in [2.75, 3.05) is 13.6 Å².